The molecular weight excluding hydrogens is 316 g/mol. The minimum absolute atomic E-state index is 0.00282. The third-order valence-electron chi connectivity index (χ3n) is 4.00. The predicted molar refractivity (Wildman–Crippen MR) is 95.6 cm³/mol. The number of nitrogens with one attached hydrogen (secondary N) is 1. The summed E-state index contributed by atoms with van der Waals surface area (Å²) in [6, 6.07) is 14.1. The highest BCUT2D eigenvalue weighted by molar-refractivity contribution is 6.20. The number of aromatic amines is 1. The third-order valence-corrected chi connectivity index (χ3v) is 4.00. The van der Waals surface area contributed by atoms with E-state index in [-0.39, 0.29) is 22.9 Å². The molecule has 0 aliphatic rings. The smallest absolute Gasteiger partial charge is 0.205 e. The Morgan fingerprint density at radius 2 is 2.04 bits per heavy atom. The molecule has 5 heteroatoms. The minimum atomic E-state index is -0.343. The summed E-state index contributed by atoms with van der Waals surface area (Å²) in [5, 5.41) is 19.9. The van der Waals surface area contributed by atoms with Crippen molar-refractivity contribution in [1.29, 1.82) is 5.26 Å². The first-order valence-corrected chi connectivity index (χ1v) is 7.66. The van der Waals surface area contributed by atoms with E-state index in [0.29, 0.717) is 11.1 Å². The van der Waals surface area contributed by atoms with Gasteiger partial charge in [0.1, 0.15) is 11.6 Å². The molecule has 0 radical (unpaired) electrons. The second-order valence-corrected chi connectivity index (χ2v) is 5.60. The van der Waals surface area contributed by atoms with Crippen molar-refractivity contribution in [3.63, 3.8) is 0 Å². The molecular formula is C20H16N2O3. The van der Waals surface area contributed by atoms with Gasteiger partial charge in [-0.15, -0.1) is 0 Å². The lowest BCUT2D eigenvalue weighted by atomic mass is 9.99. The molecule has 0 fully saturated rings. The van der Waals surface area contributed by atoms with Crippen LogP contribution in [0.15, 0.2) is 48.0 Å². The summed E-state index contributed by atoms with van der Waals surface area (Å²) in [5.41, 5.74) is 2.68. The number of nitriles is 1. The molecule has 0 bridgehead atoms. The Hall–Kier alpha value is -3.52. The van der Waals surface area contributed by atoms with Crippen molar-refractivity contribution in [2.75, 3.05) is 7.11 Å². The summed E-state index contributed by atoms with van der Waals surface area (Å²) in [6.45, 7) is 1.81. The fourth-order valence-electron chi connectivity index (χ4n) is 2.80. The second-order valence-electron chi connectivity index (χ2n) is 5.60. The van der Waals surface area contributed by atoms with Gasteiger partial charge in [-0.1, -0.05) is 24.3 Å². The van der Waals surface area contributed by atoms with E-state index in [2.05, 4.69) is 4.98 Å². The summed E-state index contributed by atoms with van der Waals surface area (Å²) >= 11 is 0. The molecule has 0 aliphatic carbocycles. The van der Waals surface area contributed by atoms with Crippen LogP contribution in [0, 0.1) is 18.3 Å². The fourth-order valence-corrected chi connectivity index (χ4v) is 2.80. The molecule has 0 spiro atoms. The number of aromatic hydroxyl groups is 1. The topological polar surface area (TPSA) is 86.1 Å². The number of hydrogen-bond donors (Lipinski definition) is 2. The molecule has 124 valence electrons. The van der Waals surface area contributed by atoms with Crippen LogP contribution < -0.4 is 4.74 Å². The third kappa shape index (κ3) is 2.98. The lowest BCUT2D eigenvalue weighted by Gasteiger charge is -2.05. The quantitative estimate of drug-likeness (QED) is 0.430. The van der Waals surface area contributed by atoms with Crippen LogP contribution in [0.5, 0.6) is 11.5 Å². The lowest BCUT2D eigenvalue weighted by Crippen LogP contribution is -2.03. The first-order chi connectivity index (χ1) is 12.0. The first-order valence-electron chi connectivity index (χ1n) is 7.66. The van der Waals surface area contributed by atoms with Crippen molar-refractivity contribution in [2.24, 2.45) is 0 Å². The Morgan fingerprint density at radius 1 is 1.28 bits per heavy atom. The Balaban J connectivity index is 2.07. The van der Waals surface area contributed by atoms with Crippen molar-refractivity contribution in [1.82, 2.24) is 4.98 Å². The van der Waals surface area contributed by atoms with E-state index in [9.17, 15) is 15.2 Å². The van der Waals surface area contributed by atoms with E-state index in [1.54, 1.807) is 12.1 Å². The van der Waals surface area contributed by atoms with E-state index in [1.165, 1.54) is 19.3 Å². The van der Waals surface area contributed by atoms with E-state index in [4.69, 9.17) is 4.74 Å². The van der Waals surface area contributed by atoms with E-state index >= 15 is 0 Å². The Morgan fingerprint density at radius 3 is 2.76 bits per heavy atom. The highest BCUT2D eigenvalue weighted by Crippen LogP contribution is 2.29. The van der Waals surface area contributed by atoms with Crippen LogP contribution in [0.4, 0.5) is 0 Å². The number of allylic oxidation sites excluding steroid dienone is 1. The molecule has 3 aromatic rings. The van der Waals surface area contributed by atoms with Gasteiger partial charge in [-0.25, -0.2) is 0 Å². The SMILES string of the molecule is COc1cc(/C=C(\C#N)C(=O)c2c(C)[nH]c3ccccc23)ccc1O. The number of ketones is 1. The molecule has 0 aliphatic heterocycles. The number of benzene rings is 2. The van der Waals surface area contributed by atoms with Crippen molar-refractivity contribution >= 4 is 22.8 Å². The average molecular weight is 332 g/mol. The summed E-state index contributed by atoms with van der Waals surface area (Å²) in [5.74, 6) is -0.0665. The van der Waals surface area contributed by atoms with Crippen molar-refractivity contribution in [3.8, 4) is 17.6 Å². The zero-order valence-corrected chi connectivity index (χ0v) is 13.8. The van der Waals surface area contributed by atoms with Crippen LogP contribution in [0.1, 0.15) is 21.6 Å². The maximum atomic E-state index is 12.9. The highest BCUT2D eigenvalue weighted by Gasteiger charge is 2.19. The number of hydrogen-bond acceptors (Lipinski definition) is 4. The number of aromatic nitrogens is 1. The number of aryl methyl sites for hydroxylation is 1. The maximum Gasteiger partial charge on any atom is 0.205 e. The van der Waals surface area contributed by atoms with Gasteiger partial charge in [0.25, 0.3) is 0 Å². The average Bonchev–Trinajstić information content (AvgIpc) is 2.96. The molecule has 0 atom stereocenters. The number of fused-ring (bicyclic) bond motifs is 1. The second kappa shape index (κ2) is 6.54. The predicted octanol–water partition coefficient (Wildman–Crippen LogP) is 3.98. The van der Waals surface area contributed by atoms with Crippen LogP contribution in [-0.4, -0.2) is 23.0 Å². The van der Waals surface area contributed by atoms with Crippen LogP contribution >= 0.6 is 0 Å². The number of phenols is 1. The van der Waals surface area contributed by atoms with Crippen LogP contribution in [0.25, 0.3) is 17.0 Å². The van der Waals surface area contributed by atoms with E-state index < -0.39 is 0 Å². The summed E-state index contributed by atoms with van der Waals surface area (Å²) < 4.78 is 5.06. The maximum absolute atomic E-state index is 12.9. The largest absolute Gasteiger partial charge is 0.504 e. The summed E-state index contributed by atoms with van der Waals surface area (Å²) in [4.78, 5) is 16.1. The van der Waals surface area contributed by atoms with Gasteiger partial charge in [-0.2, -0.15) is 5.26 Å². The number of phenolic OH excluding ortho intramolecular Hbond substituents is 1. The molecule has 25 heavy (non-hydrogen) atoms. The zero-order valence-electron chi connectivity index (χ0n) is 13.8. The number of carbonyl (C=O) groups is 1. The molecule has 2 N–H and O–H groups in total. The van der Waals surface area contributed by atoms with Gasteiger partial charge < -0.3 is 14.8 Å². The van der Waals surface area contributed by atoms with Gasteiger partial charge in [-0.3, -0.25) is 4.79 Å². The number of Topliss-reactive ketones (excluding diaryl/α,β-unsaturated/α-hetero) is 1. The number of carbonyl (C=O) groups excluding carboxylic acids is 1. The fraction of sp³-hybridized carbons (Fsp3) is 0.100. The molecule has 0 saturated carbocycles. The Kier molecular flexibility index (Phi) is 4.27. The van der Waals surface area contributed by atoms with Crippen LogP contribution in [-0.2, 0) is 0 Å². The molecule has 2 aromatic carbocycles. The normalized spacial score (nSPS) is 11.3. The Labute approximate surface area is 144 Å². The standard InChI is InChI=1S/C20H16N2O3/c1-12-19(15-5-3-4-6-16(15)22-12)20(24)14(11-21)9-13-7-8-17(23)18(10-13)25-2/h3-10,22-23H,1-2H3/b14-9+. The first kappa shape index (κ1) is 16.3. The number of H-pyrrole nitrogens is 1. The molecule has 0 amide bonds. The van der Waals surface area contributed by atoms with Crippen molar-refractivity contribution in [2.45, 2.75) is 6.92 Å². The van der Waals surface area contributed by atoms with Crippen molar-refractivity contribution < 1.29 is 14.6 Å². The molecule has 1 heterocycles. The number of para-hydroxylation sites is 1. The van der Waals surface area contributed by atoms with Crippen molar-refractivity contribution in [3.05, 3.63) is 64.9 Å². The van der Waals surface area contributed by atoms with Gasteiger partial charge in [0.15, 0.2) is 11.5 Å². The number of rotatable bonds is 4. The summed E-state index contributed by atoms with van der Waals surface area (Å²) in [6.07, 6.45) is 1.49. The number of nitrogens with zero attached hydrogens (tertiary/aromatic N) is 1. The lowest BCUT2D eigenvalue weighted by molar-refractivity contribution is 0.104. The minimum Gasteiger partial charge on any atom is -0.504 e. The van der Waals surface area contributed by atoms with E-state index in [0.717, 1.165) is 16.6 Å². The monoisotopic (exact) mass is 332 g/mol. The van der Waals surface area contributed by atoms with E-state index in [1.807, 2.05) is 37.3 Å². The molecule has 1 aromatic heterocycles. The molecule has 3 rings (SSSR count). The van der Waals surface area contributed by atoms with Gasteiger partial charge in [0.05, 0.1) is 12.7 Å². The van der Waals surface area contributed by atoms with Gasteiger partial charge in [0.2, 0.25) is 5.78 Å². The van der Waals surface area contributed by atoms with Gasteiger partial charge >= 0.3 is 0 Å². The Bertz CT molecular complexity index is 1040. The zero-order chi connectivity index (χ0) is 18.0. The molecule has 0 saturated heterocycles. The van der Waals surface area contributed by atoms with Crippen LogP contribution in [0.2, 0.25) is 0 Å². The number of methoxy groups -OCH3 is 1. The van der Waals surface area contributed by atoms with Gasteiger partial charge in [0, 0.05) is 16.6 Å². The van der Waals surface area contributed by atoms with Gasteiger partial charge in [-0.05, 0) is 36.8 Å². The molecule has 0 unspecified atom stereocenters. The highest BCUT2D eigenvalue weighted by atomic mass is 16.5. The number of ether oxygens (including phenoxy) is 1. The van der Waals surface area contributed by atoms with Crippen LogP contribution in [0.3, 0.4) is 0 Å². The summed E-state index contributed by atoms with van der Waals surface area (Å²) in [7, 11) is 1.44. The molecule has 5 nitrogen and oxygen atoms in total.